The number of hydrogen-bond acceptors (Lipinski definition) is 3. The predicted octanol–water partition coefficient (Wildman–Crippen LogP) is 0.812. The van der Waals surface area contributed by atoms with E-state index in [1.54, 1.807) is 0 Å². The third kappa shape index (κ3) is 1.80. The van der Waals surface area contributed by atoms with E-state index in [4.69, 9.17) is 5.11 Å². The lowest BCUT2D eigenvalue weighted by Gasteiger charge is -2.29. The number of amides is 2. The van der Waals surface area contributed by atoms with E-state index in [-0.39, 0.29) is 42.1 Å². The van der Waals surface area contributed by atoms with Crippen LogP contribution in [-0.4, -0.2) is 35.0 Å². The number of imide groups is 1. The van der Waals surface area contributed by atoms with Gasteiger partial charge in [-0.25, -0.2) is 0 Å². The van der Waals surface area contributed by atoms with Crippen LogP contribution in [0.4, 0.5) is 0 Å². The Hall–Kier alpha value is -1.16. The van der Waals surface area contributed by atoms with Crippen molar-refractivity contribution in [1.82, 2.24) is 4.90 Å². The van der Waals surface area contributed by atoms with E-state index < -0.39 is 0 Å². The van der Waals surface area contributed by atoms with Gasteiger partial charge < -0.3 is 5.11 Å². The minimum absolute atomic E-state index is 0.00852. The summed E-state index contributed by atoms with van der Waals surface area (Å²) in [6.45, 7) is 4.31. The Balaban J connectivity index is 2.33. The van der Waals surface area contributed by atoms with Crippen molar-refractivity contribution in [3.63, 3.8) is 0 Å². The fourth-order valence-electron chi connectivity index (χ4n) is 3.07. The molecule has 1 N–H and O–H groups in total. The largest absolute Gasteiger partial charge is 0.396 e. The molecule has 17 heavy (non-hydrogen) atoms. The number of allylic oxidation sites excluding steroid dienone is 2. The molecule has 2 amide bonds. The molecule has 0 aromatic carbocycles. The Kier molecular flexibility index (Phi) is 3.33. The normalized spacial score (nSPS) is 36.5. The molecule has 1 aliphatic heterocycles. The van der Waals surface area contributed by atoms with Gasteiger partial charge in [-0.1, -0.05) is 19.1 Å². The summed E-state index contributed by atoms with van der Waals surface area (Å²) < 4.78 is 0. The van der Waals surface area contributed by atoms with Crippen molar-refractivity contribution in [2.45, 2.75) is 20.3 Å². The molecule has 2 aliphatic rings. The topological polar surface area (TPSA) is 57.6 Å². The van der Waals surface area contributed by atoms with Gasteiger partial charge in [0, 0.05) is 13.2 Å². The molecule has 0 aromatic heterocycles. The van der Waals surface area contributed by atoms with E-state index in [9.17, 15) is 9.59 Å². The summed E-state index contributed by atoms with van der Waals surface area (Å²) in [5.74, 6) is -0.449. The highest BCUT2D eigenvalue weighted by Crippen LogP contribution is 2.42. The average Bonchev–Trinajstić information content (AvgIpc) is 2.56. The minimum atomic E-state index is -0.255. The molecule has 1 fully saturated rings. The summed E-state index contributed by atoms with van der Waals surface area (Å²) in [6, 6.07) is 0. The maximum atomic E-state index is 12.2. The number of fused-ring (bicyclic) bond motifs is 1. The Labute approximate surface area is 101 Å². The highest BCUT2D eigenvalue weighted by atomic mass is 16.3. The molecule has 4 heteroatoms. The van der Waals surface area contributed by atoms with E-state index in [1.807, 2.05) is 26.0 Å². The molecule has 4 nitrogen and oxygen atoms in total. The monoisotopic (exact) mass is 237 g/mol. The summed E-state index contributed by atoms with van der Waals surface area (Å²) >= 11 is 0. The second-order valence-electron chi connectivity index (χ2n) is 4.89. The van der Waals surface area contributed by atoms with E-state index in [0.717, 1.165) is 0 Å². The lowest BCUT2D eigenvalue weighted by atomic mass is 9.71. The number of aliphatic hydroxyl groups excluding tert-OH is 1. The molecule has 0 unspecified atom stereocenters. The molecule has 0 bridgehead atoms. The molecule has 0 aromatic rings. The second-order valence-corrected chi connectivity index (χ2v) is 4.89. The maximum Gasteiger partial charge on any atom is 0.233 e. The van der Waals surface area contributed by atoms with Gasteiger partial charge in [-0.3, -0.25) is 14.5 Å². The van der Waals surface area contributed by atoms with Gasteiger partial charge in [0.1, 0.15) is 0 Å². The first-order valence-electron chi connectivity index (χ1n) is 6.26. The van der Waals surface area contributed by atoms with Crippen molar-refractivity contribution in [2.24, 2.45) is 23.7 Å². The Morgan fingerprint density at radius 3 is 2.47 bits per heavy atom. The van der Waals surface area contributed by atoms with E-state index >= 15 is 0 Å². The van der Waals surface area contributed by atoms with Crippen molar-refractivity contribution in [1.29, 1.82) is 0 Å². The van der Waals surface area contributed by atoms with E-state index in [1.165, 1.54) is 4.90 Å². The molecule has 94 valence electrons. The Morgan fingerprint density at radius 1 is 1.24 bits per heavy atom. The van der Waals surface area contributed by atoms with Crippen molar-refractivity contribution in [2.75, 3.05) is 13.2 Å². The zero-order valence-corrected chi connectivity index (χ0v) is 10.3. The second kappa shape index (κ2) is 4.61. The third-order valence-electron chi connectivity index (χ3n) is 3.96. The minimum Gasteiger partial charge on any atom is -0.396 e. The predicted molar refractivity (Wildman–Crippen MR) is 62.9 cm³/mol. The van der Waals surface area contributed by atoms with Gasteiger partial charge in [0.25, 0.3) is 0 Å². The molecule has 0 saturated carbocycles. The SMILES string of the molecule is CCN1C(=O)[C@@H]2[C@H](C1=O)[C@@H](C)C=C[C@H]2CCO. The van der Waals surface area contributed by atoms with E-state index in [2.05, 4.69) is 0 Å². The molecular weight excluding hydrogens is 218 g/mol. The number of nitrogens with zero attached hydrogens (tertiary/aromatic N) is 1. The standard InChI is InChI=1S/C13H19NO3/c1-3-14-12(16)10-8(2)4-5-9(6-7-15)11(10)13(14)17/h4-5,8-11,15H,3,6-7H2,1-2H3/t8-,9-,10+,11-/m0/s1. The lowest BCUT2D eigenvalue weighted by molar-refractivity contribution is -0.139. The number of likely N-dealkylation sites (tertiary alicyclic amines) is 1. The van der Waals surface area contributed by atoms with Crippen LogP contribution >= 0.6 is 0 Å². The highest BCUT2D eigenvalue weighted by Gasteiger charge is 2.52. The number of carbonyl (C=O) groups excluding carboxylic acids is 2. The maximum absolute atomic E-state index is 12.2. The number of aliphatic hydroxyl groups is 1. The van der Waals surface area contributed by atoms with Gasteiger partial charge in [0.05, 0.1) is 11.8 Å². The van der Waals surface area contributed by atoms with E-state index in [0.29, 0.717) is 13.0 Å². The first-order valence-corrected chi connectivity index (χ1v) is 6.26. The van der Waals surface area contributed by atoms with Crippen LogP contribution in [-0.2, 0) is 9.59 Å². The molecule has 0 radical (unpaired) electrons. The van der Waals surface area contributed by atoms with Gasteiger partial charge in [0.2, 0.25) is 11.8 Å². The summed E-state index contributed by atoms with van der Waals surface area (Å²) in [5, 5.41) is 9.04. The van der Waals surface area contributed by atoms with Crippen LogP contribution in [0.15, 0.2) is 12.2 Å². The van der Waals surface area contributed by atoms with Crippen molar-refractivity contribution >= 4 is 11.8 Å². The van der Waals surface area contributed by atoms with Crippen LogP contribution in [0.3, 0.4) is 0 Å². The van der Waals surface area contributed by atoms with Crippen LogP contribution in [0.2, 0.25) is 0 Å². The van der Waals surface area contributed by atoms with Crippen molar-refractivity contribution in [3.8, 4) is 0 Å². The van der Waals surface area contributed by atoms with Crippen LogP contribution in [0.1, 0.15) is 20.3 Å². The smallest absolute Gasteiger partial charge is 0.233 e. The van der Waals surface area contributed by atoms with Crippen molar-refractivity contribution in [3.05, 3.63) is 12.2 Å². The van der Waals surface area contributed by atoms with Gasteiger partial charge in [-0.15, -0.1) is 0 Å². The van der Waals surface area contributed by atoms with Gasteiger partial charge >= 0.3 is 0 Å². The fraction of sp³-hybridized carbons (Fsp3) is 0.692. The highest BCUT2D eigenvalue weighted by molar-refractivity contribution is 6.05. The van der Waals surface area contributed by atoms with Crippen molar-refractivity contribution < 1.29 is 14.7 Å². The molecule has 1 saturated heterocycles. The van der Waals surface area contributed by atoms with Crippen LogP contribution in [0, 0.1) is 23.7 Å². The number of carbonyl (C=O) groups is 2. The summed E-state index contributed by atoms with van der Waals surface area (Å²) in [6.07, 6.45) is 4.55. The molecule has 0 spiro atoms. The molecule has 2 rings (SSSR count). The molecule has 1 aliphatic carbocycles. The zero-order chi connectivity index (χ0) is 12.6. The van der Waals surface area contributed by atoms with Crippen LogP contribution in [0.5, 0.6) is 0 Å². The summed E-state index contributed by atoms with van der Waals surface area (Å²) in [4.78, 5) is 25.7. The third-order valence-corrected chi connectivity index (χ3v) is 3.96. The van der Waals surface area contributed by atoms with Gasteiger partial charge in [0.15, 0.2) is 0 Å². The quantitative estimate of drug-likeness (QED) is 0.584. The molecular formula is C13H19NO3. The zero-order valence-electron chi connectivity index (χ0n) is 10.3. The van der Waals surface area contributed by atoms with Gasteiger partial charge in [-0.05, 0) is 25.2 Å². The van der Waals surface area contributed by atoms with Crippen LogP contribution in [0.25, 0.3) is 0 Å². The number of hydrogen-bond donors (Lipinski definition) is 1. The average molecular weight is 237 g/mol. The molecule has 4 atom stereocenters. The Morgan fingerprint density at radius 2 is 1.88 bits per heavy atom. The van der Waals surface area contributed by atoms with Gasteiger partial charge in [-0.2, -0.15) is 0 Å². The first kappa shape index (κ1) is 12.3. The summed E-state index contributed by atoms with van der Waals surface area (Å²) in [7, 11) is 0. The summed E-state index contributed by atoms with van der Waals surface area (Å²) in [5.41, 5.74) is 0. The first-order chi connectivity index (χ1) is 8.11. The fourth-order valence-corrected chi connectivity index (χ4v) is 3.07. The molecule has 1 heterocycles. The lowest BCUT2D eigenvalue weighted by Crippen LogP contribution is -2.33. The number of rotatable bonds is 3. The van der Waals surface area contributed by atoms with Crippen LogP contribution < -0.4 is 0 Å². The Bertz CT molecular complexity index is 364.